The van der Waals surface area contributed by atoms with Gasteiger partial charge >= 0.3 is 0 Å². The predicted octanol–water partition coefficient (Wildman–Crippen LogP) is 2.52. The summed E-state index contributed by atoms with van der Waals surface area (Å²) in [5.41, 5.74) is 1.15. The average Bonchev–Trinajstić information content (AvgIpc) is 3.25. The molecule has 1 aromatic heterocycles. The second-order valence-electron chi connectivity index (χ2n) is 7.07. The fraction of sp³-hybridized carbons (Fsp3) is 0.529. The number of nitrogens with zero attached hydrogens (tertiary/aromatic N) is 4. The van der Waals surface area contributed by atoms with Gasteiger partial charge in [0.1, 0.15) is 12.2 Å². The normalized spacial score (nSPS) is 19.6. The minimum atomic E-state index is -3.41. The summed E-state index contributed by atoms with van der Waals surface area (Å²) in [4.78, 5) is 0.372. The van der Waals surface area contributed by atoms with E-state index in [0.717, 1.165) is 24.2 Å². The van der Waals surface area contributed by atoms with Crippen LogP contribution in [0.5, 0.6) is 0 Å². The van der Waals surface area contributed by atoms with E-state index in [1.54, 1.807) is 22.8 Å². The second-order valence-corrected chi connectivity index (χ2v) is 9.01. The van der Waals surface area contributed by atoms with Crippen molar-refractivity contribution in [3.63, 3.8) is 0 Å². The van der Waals surface area contributed by atoms with Crippen molar-refractivity contribution in [3.8, 4) is 0 Å². The van der Waals surface area contributed by atoms with E-state index in [-0.39, 0.29) is 6.04 Å². The third-order valence-electron chi connectivity index (χ3n) is 4.95. The summed E-state index contributed by atoms with van der Waals surface area (Å²) in [6, 6.07) is 7.39. The maximum atomic E-state index is 12.7. The highest BCUT2D eigenvalue weighted by molar-refractivity contribution is 7.89. The molecule has 0 N–H and O–H groups in total. The van der Waals surface area contributed by atoms with Crippen molar-refractivity contribution >= 4 is 10.0 Å². The average molecular weight is 346 g/mol. The van der Waals surface area contributed by atoms with Gasteiger partial charge in [0.25, 0.3) is 0 Å². The van der Waals surface area contributed by atoms with Crippen molar-refractivity contribution in [1.82, 2.24) is 19.1 Å². The number of aromatic nitrogens is 3. The molecule has 1 saturated carbocycles. The van der Waals surface area contributed by atoms with E-state index in [9.17, 15) is 8.42 Å². The number of hydrogen-bond acceptors (Lipinski definition) is 4. The monoisotopic (exact) mass is 346 g/mol. The Balaban J connectivity index is 1.48. The molecule has 2 heterocycles. The molecule has 128 valence electrons. The molecule has 1 aliphatic carbocycles. The third-order valence-corrected chi connectivity index (χ3v) is 6.80. The van der Waals surface area contributed by atoms with Gasteiger partial charge in [0.2, 0.25) is 10.0 Å². The van der Waals surface area contributed by atoms with Crippen molar-refractivity contribution in [3.05, 3.63) is 42.0 Å². The van der Waals surface area contributed by atoms with Crippen molar-refractivity contribution in [2.75, 3.05) is 13.1 Å². The number of benzene rings is 1. The van der Waals surface area contributed by atoms with Gasteiger partial charge in [-0.3, -0.25) is 0 Å². The molecule has 4 rings (SSSR count). The molecule has 0 bridgehead atoms. The Bertz CT molecular complexity index is 832. The van der Waals surface area contributed by atoms with E-state index in [0.29, 0.717) is 29.8 Å². The number of rotatable bonds is 5. The molecule has 2 aromatic rings. The molecule has 24 heavy (non-hydrogen) atoms. The summed E-state index contributed by atoms with van der Waals surface area (Å²) < 4.78 is 29.1. The van der Waals surface area contributed by atoms with Gasteiger partial charge in [-0.1, -0.05) is 26.0 Å². The first-order valence-electron chi connectivity index (χ1n) is 8.46. The highest BCUT2D eigenvalue weighted by Gasteiger charge is 2.40. The van der Waals surface area contributed by atoms with Crippen molar-refractivity contribution < 1.29 is 8.42 Å². The summed E-state index contributed by atoms with van der Waals surface area (Å²) in [5, 5.41) is 8.20. The fourth-order valence-electron chi connectivity index (χ4n) is 3.13. The molecule has 2 fully saturated rings. The van der Waals surface area contributed by atoms with E-state index in [1.807, 2.05) is 12.1 Å². The Morgan fingerprint density at radius 2 is 1.79 bits per heavy atom. The largest absolute Gasteiger partial charge is 0.312 e. The van der Waals surface area contributed by atoms with Crippen molar-refractivity contribution in [2.24, 2.45) is 0 Å². The Kier molecular flexibility index (Phi) is 3.73. The lowest BCUT2D eigenvalue weighted by Gasteiger charge is -2.39. The zero-order chi connectivity index (χ0) is 16.9. The van der Waals surface area contributed by atoms with E-state index >= 15 is 0 Å². The predicted molar refractivity (Wildman–Crippen MR) is 90.3 cm³/mol. The molecule has 0 radical (unpaired) electrons. The Hall–Kier alpha value is -1.73. The van der Waals surface area contributed by atoms with Crippen LogP contribution in [0.3, 0.4) is 0 Å². The summed E-state index contributed by atoms with van der Waals surface area (Å²) in [6.07, 6.45) is 4.06. The fourth-order valence-corrected chi connectivity index (χ4v) is 4.64. The van der Waals surface area contributed by atoms with Crippen LogP contribution in [0.15, 0.2) is 35.5 Å². The summed E-state index contributed by atoms with van der Waals surface area (Å²) in [5.74, 6) is 1.92. The lowest BCUT2D eigenvalue weighted by molar-refractivity contribution is 0.200. The van der Waals surface area contributed by atoms with Gasteiger partial charge in [0.05, 0.1) is 10.9 Å². The number of sulfonamides is 1. The molecular weight excluding hydrogens is 324 g/mol. The van der Waals surface area contributed by atoms with E-state index in [2.05, 4.69) is 28.6 Å². The first-order chi connectivity index (χ1) is 11.5. The van der Waals surface area contributed by atoms with E-state index in [1.165, 1.54) is 0 Å². The molecule has 2 aliphatic rings. The highest BCUT2D eigenvalue weighted by atomic mass is 32.2. The van der Waals surface area contributed by atoms with Crippen molar-refractivity contribution in [1.29, 1.82) is 0 Å². The van der Waals surface area contributed by atoms with Gasteiger partial charge in [0.15, 0.2) is 0 Å². The van der Waals surface area contributed by atoms with Gasteiger partial charge in [-0.25, -0.2) is 8.42 Å². The van der Waals surface area contributed by atoms with Gasteiger partial charge < -0.3 is 4.57 Å². The molecule has 6 nitrogen and oxygen atoms in total. The minimum Gasteiger partial charge on any atom is -0.312 e. The van der Waals surface area contributed by atoms with Gasteiger partial charge in [-0.15, -0.1) is 10.2 Å². The molecular formula is C17H22N4O2S. The maximum Gasteiger partial charge on any atom is 0.243 e. The topological polar surface area (TPSA) is 68.1 Å². The van der Waals surface area contributed by atoms with Gasteiger partial charge in [-0.2, -0.15) is 4.31 Å². The van der Waals surface area contributed by atoms with E-state index in [4.69, 9.17) is 0 Å². The molecule has 0 spiro atoms. The lowest BCUT2D eigenvalue weighted by Crippen LogP contribution is -2.50. The van der Waals surface area contributed by atoms with Crippen LogP contribution in [0, 0.1) is 0 Å². The summed E-state index contributed by atoms with van der Waals surface area (Å²) in [6.45, 7) is 5.18. The van der Waals surface area contributed by atoms with Crippen LogP contribution in [0.1, 0.15) is 56.0 Å². The molecule has 0 unspecified atom stereocenters. The minimum absolute atomic E-state index is 0.153. The Morgan fingerprint density at radius 3 is 2.38 bits per heavy atom. The summed E-state index contributed by atoms with van der Waals surface area (Å²) in [7, 11) is -3.41. The van der Waals surface area contributed by atoms with Crippen LogP contribution in [0.25, 0.3) is 0 Å². The number of hydrogen-bond donors (Lipinski definition) is 0. The van der Waals surface area contributed by atoms with Crippen LogP contribution < -0.4 is 0 Å². The molecule has 7 heteroatoms. The zero-order valence-corrected chi connectivity index (χ0v) is 14.8. The molecule has 1 aromatic carbocycles. The highest BCUT2D eigenvalue weighted by Crippen LogP contribution is 2.40. The SMILES string of the molecule is CC(C)c1ccc(S(=O)(=O)N2CC(n3cnnc3C3CC3)C2)cc1. The molecule has 1 aliphatic heterocycles. The third kappa shape index (κ3) is 2.65. The quantitative estimate of drug-likeness (QED) is 0.834. The second kappa shape index (κ2) is 5.67. The lowest BCUT2D eigenvalue weighted by atomic mass is 10.0. The molecule has 1 saturated heterocycles. The van der Waals surface area contributed by atoms with Crippen molar-refractivity contribution in [2.45, 2.75) is 49.5 Å². The Labute approximate surface area is 142 Å². The van der Waals surface area contributed by atoms with Crippen LogP contribution in [0.4, 0.5) is 0 Å². The first kappa shape index (κ1) is 15.8. The first-order valence-corrected chi connectivity index (χ1v) is 9.90. The van der Waals surface area contributed by atoms with Crippen LogP contribution in [-0.2, 0) is 10.0 Å². The standard InChI is InChI=1S/C17H22N4O2S/c1-12(2)13-5-7-16(8-6-13)24(22,23)20-9-15(10-20)21-11-18-19-17(21)14-3-4-14/h5-8,11-12,14-15H,3-4,9-10H2,1-2H3. The maximum absolute atomic E-state index is 12.7. The smallest absolute Gasteiger partial charge is 0.243 e. The van der Waals surface area contributed by atoms with Gasteiger partial charge in [0, 0.05) is 19.0 Å². The van der Waals surface area contributed by atoms with Gasteiger partial charge in [-0.05, 0) is 36.5 Å². The zero-order valence-electron chi connectivity index (χ0n) is 14.0. The Morgan fingerprint density at radius 1 is 1.12 bits per heavy atom. The van der Waals surface area contributed by atoms with Crippen LogP contribution >= 0.6 is 0 Å². The van der Waals surface area contributed by atoms with Crippen LogP contribution in [0.2, 0.25) is 0 Å². The molecule has 0 amide bonds. The van der Waals surface area contributed by atoms with E-state index < -0.39 is 10.0 Å². The molecule has 0 atom stereocenters. The van der Waals surface area contributed by atoms with Crippen LogP contribution in [-0.4, -0.2) is 40.6 Å². The summed E-state index contributed by atoms with van der Waals surface area (Å²) >= 11 is 0.